The van der Waals surface area contributed by atoms with E-state index in [2.05, 4.69) is 89.2 Å². The van der Waals surface area contributed by atoms with E-state index in [1.165, 1.54) is 43.8 Å². The molecule has 1 heteroatoms. The first kappa shape index (κ1) is 17.4. The van der Waals surface area contributed by atoms with E-state index in [1.807, 2.05) is 6.20 Å². The molecule has 1 aromatic heterocycles. The fourth-order valence-electron chi connectivity index (χ4n) is 4.89. The van der Waals surface area contributed by atoms with Gasteiger partial charge in [-0.2, -0.15) is 0 Å². The lowest BCUT2D eigenvalue weighted by atomic mass is 9.68. The van der Waals surface area contributed by atoms with Crippen LogP contribution in [0.4, 0.5) is 0 Å². The molecular formula is C27H27N. The Balaban J connectivity index is 1.87. The van der Waals surface area contributed by atoms with E-state index in [0.717, 1.165) is 12.1 Å². The summed E-state index contributed by atoms with van der Waals surface area (Å²) in [4.78, 5) is 4.86. The zero-order chi connectivity index (χ0) is 19.7. The molecule has 1 aliphatic rings. The van der Waals surface area contributed by atoms with Gasteiger partial charge in [-0.25, -0.2) is 0 Å². The summed E-state index contributed by atoms with van der Waals surface area (Å²) in [5.41, 5.74) is 6.84. The van der Waals surface area contributed by atoms with Gasteiger partial charge in [-0.3, -0.25) is 4.98 Å². The first-order valence-electron chi connectivity index (χ1n) is 10.2. The molecule has 1 aliphatic carbocycles. The van der Waals surface area contributed by atoms with Crippen LogP contribution in [0.15, 0.2) is 60.8 Å². The Hall–Kier alpha value is -2.67. The van der Waals surface area contributed by atoms with Gasteiger partial charge in [-0.1, -0.05) is 71.0 Å². The third-order valence-corrected chi connectivity index (χ3v) is 6.15. The van der Waals surface area contributed by atoms with Crippen LogP contribution in [0, 0.1) is 5.41 Å². The molecule has 1 heterocycles. The van der Waals surface area contributed by atoms with E-state index < -0.39 is 0 Å². The topological polar surface area (TPSA) is 12.9 Å². The van der Waals surface area contributed by atoms with Gasteiger partial charge >= 0.3 is 0 Å². The van der Waals surface area contributed by atoms with E-state index in [-0.39, 0.29) is 10.8 Å². The summed E-state index contributed by atoms with van der Waals surface area (Å²) in [6, 6.07) is 20.4. The fraction of sp³-hybridized carbons (Fsp3) is 0.296. The van der Waals surface area contributed by atoms with Gasteiger partial charge < -0.3 is 0 Å². The van der Waals surface area contributed by atoms with Crippen LogP contribution in [-0.4, -0.2) is 4.98 Å². The zero-order valence-corrected chi connectivity index (χ0v) is 17.4. The summed E-state index contributed by atoms with van der Waals surface area (Å²) >= 11 is 0. The molecule has 0 atom stereocenters. The second-order valence-electron chi connectivity index (χ2n) is 10.0. The minimum atomic E-state index is -0.0540. The number of benzene rings is 3. The summed E-state index contributed by atoms with van der Waals surface area (Å²) in [5.74, 6) is 0. The molecule has 5 rings (SSSR count). The summed E-state index contributed by atoms with van der Waals surface area (Å²) in [6.07, 6.45) is 3.05. The summed E-state index contributed by atoms with van der Waals surface area (Å²) in [7, 11) is 0. The van der Waals surface area contributed by atoms with Crippen LogP contribution < -0.4 is 0 Å². The molecule has 28 heavy (non-hydrogen) atoms. The van der Waals surface area contributed by atoms with E-state index in [4.69, 9.17) is 4.98 Å². The number of hydrogen-bond donors (Lipinski definition) is 0. The molecular weight excluding hydrogens is 338 g/mol. The Labute approximate surface area is 167 Å². The number of fused-ring (bicyclic) bond motifs is 3. The average molecular weight is 366 g/mol. The highest BCUT2D eigenvalue weighted by atomic mass is 14.7. The maximum Gasteiger partial charge on any atom is 0.0786 e. The van der Waals surface area contributed by atoms with Gasteiger partial charge in [0.25, 0.3) is 0 Å². The van der Waals surface area contributed by atoms with Crippen molar-refractivity contribution in [1.29, 1.82) is 0 Å². The molecule has 0 aliphatic heterocycles. The second kappa shape index (κ2) is 5.67. The van der Waals surface area contributed by atoms with Crippen molar-refractivity contribution in [3.05, 3.63) is 77.5 Å². The lowest BCUT2D eigenvalue weighted by molar-refractivity contribution is 0.411. The molecule has 0 fully saturated rings. The SMILES string of the molecule is CC(C)(C)Cc1cc2c3c(nccc3c1)-c1cc3ccccc3cc1C2(C)C. The molecule has 140 valence electrons. The molecule has 0 saturated heterocycles. The standard InChI is InChI=1S/C27H27N/c1-26(2,3)16-17-12-20-10-11-28-25-21-14-18-8-6-7-9-19(18)15-22(21)27(4,5)23(13-17)24(20)25/h6-15H,16H2,1-5H3. The summed E-state index contributed by atoms with van der Waals surface area (Å²) in [6.45, 7) is 11.7. The normalized spacial score (nSPS) is 15.0. The molecule has 4 aromatic rings. The maximum absolute atomic E-state index is 4.86. The Morgan fingerprint density at radius 2 is 1.54 bits per heavy atom. The smallest absolute Gasteiger partial charge is 0.0786 e. The van der Waals surface area contributed by atoms with E-state index in [1.54, 1.807) is 0 Å². The maximum atomic E-state index is 4.86. The van der Waals surface area contributed by atoms with Crippen LogP contribution in [0.25, 0.3) is 32.8 Å². The average Bonchev–Trinajstić information content (AvgIpc) is 2.63. The van der Waals surface area contributed by atoms with Crippen LogP contribution >= 0.6 is 0 Å². The van der Waals surface area contributed by atoms with E-state index in [0.29, 0.717) is 0 Å². The first-order valence-corrected chi connectivity index (χ1v) is 10.2. The summed E-state index contributed by atoms with van der Waals surface area (Å²) in [5, 5.41) is 5.22. The first-order chi connectivity index (χ1) is 13.2. The van der Waals surface area contributed by atoms with Crippen molar-refractivity contribution in [2.45, 2.75) is 46.5 Å². The predicted molar refractivity (Wildman–Crippen MR) is 120 cm³/mol. The number of hydrogen-bond acceptors (Lipinski definition) is 1. The number of pyridine rings is 1. The lowest BCUT2D eigenvalue weighted by Crippen LogP contribution is -2.24. The van der Waals surface area contributed by atoms with Crippen molar-refractivity contribution in [2.75, 3.05) is 0 Å². The van der Waals surface area contributed by atoms with Crippen molar-refractivity contribution in [1.82, 2.24) is 4.98 Å². The van der Waals surface area contributed by atoms with Gasteiger partial charge in [-0.15, -0.1) is 0 Å². The highest BCUT2D eigenvalue weighted by Gasteiger charge is 2.35. The van der Waals surface area contributed by atoms with Gasteiger partial charge in [0.1, 0.15) is 0 Å². The molecule has 3 aromatic carbocycles. The molecule has 0 saturated carbocycles. The van der Waals surface area contributed by atoms with Crippen molar-refractivity contribution in [3.8, 4) is 11.3 Å². The van der Waals surface area contributed by atoms with Gasteiger partial charge in [0.2, 0.25) is 0 Å². The highest BCUT2D eigenvalue weighted by Crippen LogP contribution is 2.49. The van der Waals surface area contributed by atoms with Crippen molar-refractivity contribution < 1.29 is 0 Å². The Kier molecular flexibility index (Phi) is 3.53. The van der Waals surface area contributed by atoms with Crippen LogP contribution in [0.5, 0.6) is 0 Å². The minimum Gasteiger partial charge on any atom is -0.256 e. The predicted octanol–water partition coefficient (Wildman–Crippen LogP) is 7.28. The van der Waals surface area contributed by atoms with E-state index >= 15 is 0 Å². The number of nitrogens with zero attached hydrogens (tertiary/aromatic N) is 1. The van der Waals surface area contributed by atoms with Crippen LogP contribution in [0.2, 0.25) is 0 Å². The Bertz CT molecular complexity index is 1240. The monoisotopic (exact) mass is 365 g/mol. The molecule has 0 radical (unpaired) electrons. The van der Waals surface area contributed by atoms with Gasteiger partial charge in [-0.05, 0) is 62.9 Å². The van der Waals surface area contributed by atoms with Crippen molar-refractivity contribution in [2.24, 2.45) is 5.41 Å². The molecule has 0 unspecified atom stereocenters. The van der Waals surface area contributed by atoms with Crippen molar-refractivity contribution in [3.63, 3.8) is 0 Å². The third-order valence-electron chi connectivity index (χ3n) is 6.15. The van der Waals surface area contributed by atoms with Gasteiger partial charge in [0, 0.05) is 22.6 Å². The molecule has 0 amide bonds. The largest absolute Gasteiger partial charge is 0.256 e. The van der Waals surface area contributed by atoms with Gasteiger partial charge in [0.05, 0.1) is 5.69 Å². The number of rotatable bonds is 1. The summed E-state index contributed by atoms with van der Waals surface area (Å²) < 4.78 is 0. The second-order valence-corrected chi connectivity index (χ2v) is 10.0. The third kappa shape index (κ3) is 2.57. The number of aromatic nitrogens is 1. The van der Waals surface area contributed by atoms with Crippen LogP contribution in [0.3, 0.4) is 0 Å². The van der Waals surface area contributed by atoms with Crippen LogP contribution in [0.1, 0.15) is 51.3 Å². The molecule has 1 nitrogen and oxygen atoms in total. The van der Waals surface area contributed by atoms with Gasteiger partial charge in [0.15, 0.2) is 0 Å². The Morgan fingerprint density at radius 3 is 2.25 bits per heavy atom. The van der Waals surface area contributed by atoms with E-state index in [9.17, 15) is 0 Å². The lowest BCUT2D eigenvalue weighted by Gasteiger charge is -2.35. The van der Waals surface area contributed by atoms with Crippen LogP contribution in [-0.2, 0) is 11.8 Å². The molecule has 0 spiro atoms. The zero-order valence-electron chi connectivity index (χ0n) is 17.4. The Morgan fingerprint density at radius 1 is 0.821 bits per heavy atom. The van der Waals surface area contributed by atoms with Crippen molar-refractivity contribution >= 4 is 21.5 Å². The molecule has 0 N–H and O–H groups in total. The fourth-order valence-corrected chi connectivity index (χ4v) is 4.89. The molecule has 0 bridgehead atoms. The quantitative estimate of drug-likeness (QED) is 0.345. The minimum absolute atomic E-state index is 0.0540. The highest BCUT2D eigenvalue weighted by molar-refractivity contribution is 6.04.